The molecule has 1 amide bonds. The second-order valence-electron chi connectivity index (χ2n) is 8.57. The molecule has 5 rings (SSSR count). The van der Waals surface area contributed by atoms with Crippen LogP contribution in [0.1, 0.15) is 32.5 Å². The SMILES string of the molecule is COC(=O)c1sc(N2C(=O)C(=O)/C(=C(/O)c3ccc(Cl)cc3)[C@@H]2c2cccc(Oc3ccccc3)c2)nc1C. The van der Waals surface area contributed by atoms with Crippen molar-refractivity contribution < 1.29 is 29.0 Å². The number of Topliss-reactive ketones (excluding diaryl/α,β-unsaturated/α-hetero) is 1. The van der Waals surface area contributed by atoms with Gasteiger partial charge in [-0.15, -0.1) is 0 Å². The third kappa shape index (κ3) is 5.01. The van der Waals surface area contributed by atoms with Crippen LogP contribution in [-0.4, -0.2) is 34.9 Å². The number of aryl methyl sites for hydroxylation is 1. The largest absolute Gasteiger partial charge is 0.507 e. The molecule has 1 aliphatic rings. The van der Waals surface area contributed by atoms with Gasteiger partial charge in [0.1, 0.15) is 22.1 Å². The van der Waals surface area contributed by atoms with Crippen LogP contribution in [0.3, 0.4) is 0 Å². The van der Waals surface area contributed by atoms with Crippen LogP contribution in [0.5, 0.6) is 11.5 Å². The van der Waals surface area contributed by atoms with Gasteiger partial charge in [-0.2, -0.15) is 0 Å². The first-order valence-corrected chi connectivity index (χ1v) is 12.9. The molecule has 0 radical (unpaired) electrons. The van der Waals surface area contributed by atoms with Crippen molar-refractivity contribution in [3.05, 3.63) is 111 Å². The smallest absolute Gasteiger partial charge is 0.350 e. The molecule has 2 heterocycles. The summed E-state index contributed by atoms with van der Waals surface area (Å²) in [6.45, 7) is 1.61. The first-order valence-electron chi connectivity index (χ1n) is 11.7. The molecule has 1 saturated heterocycles. The van der Waals surface area contributed by atoms with E-state index in [9.17, 15) is 19.5 Å². The normalized spacial score (nSPS) is 16.4. The highest BCUT2D eigenvalue weighted by molar-refractivity contribution is 7.17. The fourth-order valence-electron chi connectivity index (χ4n) is 4.25. The van der Waals surface area contributed by atoms with Crippen LogP contribution >= 0.6 is 22.9 Å². The van der Waals surface area contributed by atoms with E-state index in [2.05, 4.69) is 4.98 Å². The third-order valence-electron chi connectivity index (χ3n) is 6.08. The summed E-state index contributed by atoms with van der Waals surface area (Å²) in [6, 6.07) is 21.2. The number of aliphatic hydroxyl groups is 1. The molecule has 0 aliphatic carbocycles. The van der Waals surface area contributed by atoms with Gasteiger partial charge in [-0.05, 0) is 61.0 Å². The van der Waals surface area contributed by atoms with Crippen LogP contribution in [-0.2, 0) is 14.3 Å². The Labute approximate surface area is 232 Å². The number of halogens is 1. The summed E-state index contributed by atoms with van der Waals surface area (Å²) < 4.78 is 10.8. The summed E-state index contributed by atoms with van der Waals surface area (Å²) in [5, 5.41) is 11.9. The number of hydrogen-bond acceptors (Lipinski definition) is 8. The van der Waals surface area contributed by atoms with Crippen molar-refractivity contribution in [2.24, 2.45) is 0 Å². The van der Waals surface area contributed by atoms with E-state index >= 15 is 0 Å². The number of ether oxygens (including phenoxy) is 2. The third-order valence-corrected chi connectivity index (χ3v) is 7.47. The number of amides is 1. The quantitative estimate of drug-likeness (QED) is 0.127. The second kappa shape index (κ2) is 10.7. The number of carbonyl (C=O) groups is 3. The average molecular weight is 561 g/mol. The van der Waals surface area contributed by atoms with Crippen LogP contribution in [0.4, 0.5) is 5.13 Å². The highest BCUT2D eigenvalue weighted by atomic mass is 35.5. The Morgan fingerprint density at radius 3 is 2.38 bits per heavy atom. The number of aromatic nitrogens is 1. The topological polar surface area (TPSA) is 106 Å². The zero-order chi connectivity index (χ0) is 27.7. The standard InChI is InChI=1S/C29H21ClN2O6S/c1-16-26(28(36)37-2)39-29(31-16)32-23(18-7-6-10-21(15-18)38-20-8-4-3-5-9-20)22(25(34)27(32)35)24(33)17-11-13-19(30)14-12-17/h3-15,23,33H,1-2H3/b24-22+/t23-/m0/s1. The Morgan fingerprint density at radius 2 is 1.69 bits per heavy atom. The Bertz CT molecular complexity index is 1610. The Hall–Kier alpha value is -4.47. The number of benzene rings is 3. The number of thiazole rings is 1. The minimum atomic E-state index is -1.06. The molecule has 1 aliphatic heterocycles. The maximum Gasteiger partial charge on any atom is 0.350 e. The summed E-state index contributed by atoms with van der Waals surface area (Å²) in [6.07, 6.45) is 0. The molecule has 0 bridgehead atoms. The van der Waals surface area contributed by atoms with E-state index in [0.717, 1.165) is 11.3 Å². The predicted octanol–water partition coefficient (Wildman–Crippen LogP) is 6.31. The molecule has 10 heteroatoms. The summed E-state index contributed by atoms with van der Waals surface area (Å²) in [5.41, 5.74) is 1.02. The number of nitrogens with zero attached hydrogens (tertiary/aromatic N) is 2. The molecule has 0 spiro atoms. The molecule has 1 N–H and O–H groups in total. The number of rotatable bonds is 6. The average Bonchev–Trinajstić information content (AvgIpc) is 3.45. The zero-order valence-corrected chi connectivity index (χ0v) is 22.3. The number of aliphatic hydroxyl groups excluding tert-OH is 1. The van der Waals surface area contributed by atoms with Crippen molar-refractivity contribution in [3.63, 3.8) is 0 Å². The molecule has 0 saturated carbocycles. The van der Waals surface area contributed by atoms with Crippen LogP contribution in [0.15, 0.2) is 84.4 Å². The number of methoxy groups -OCH3 is 1. The second-order valence-corrected chi connectivity index (χ2v) is 9.98. The first-order chi connectivity index (χ1) is 18.8. The Balaban J connectivity index is 1.67. The molecule has 0 unspecified atom stereocenters. The predicted molar refractivity (Wildman–Crippen MR) is 147 cm³/mol. The number of anilines is 1. The lowest BCUT2D eigenvalue weighted by Crippen LogP contribution is -2.29. The molecule has 1 aromatic heterocycles. The van der Waals surface area contributed by atoms with E-state index in [0.29, 0.717) is 33.3 Å². The van der Waals surface area contributed by atoms with E-state index in [1.807, 2.05) is 18.2 Å². The lowest BCUT2D eigenvalue weighted by Gasteiger charge is -2.23. The molecular formula is C29H21ClN2O6S. The lowest BCUT2D eigenvalue weighted by atomic mass is 9.95. The summed E-state index contributed by atoms with van der Waals surface area (Å²) in [7, 11) is 1.25. The molecule has 3 aromatic carbocycles. The van der Waals surface area contributed by atoms with Crippen molar-refractivity contribution in [3.8, 4) is 11.5 Å². The zero-order valence-electron chi connectivity index (χ0n) is 20.8. The van der Waals surface area contributed by atoms with Gasteiger partial charge in [0.2, 0.25) is 0 Å². The van der Waals surface area contributed by atoms with Crippen LogP contribution < -0.4 is 9.64 Å². The Kier molecular flexibility index (Phi) is 7.19. The fourth-order valence-corrected chi connectivity index (χ4v) is 5.39. The molecule has 196 valence electrons. The molecular weight excluding hydrogens is 540 g/mol. The number of carbonyl (C=O) groups excluding carboxylic acids is 3. The Morgan fingerprint density at radius 1 is 1.00 bits per heavy atom. The molecule has 1 fully saturated rings. The van der Waals surface area contributed by atoms with E-state index in [-0.39, 0.29) is 21.3 Å². The molecule has 1 atom stereocenters. The van der Waals surface area contributed by atoms with Gasteiger partial charge in [-0.1, -0.05) is 53.3 Å². The van der Waals surface area contributed by atoms with Gasteiger partial charge in [-0.3, -0.25) is 14.5 Å². The minimum Gasteiger partial charge on any atom is -0.507 e. The minimum absolute atomic E-state index is 0.115. The van der Waals surface area contributed by atoms with Crippen molar-refractivity contribution in [1.29, 1.82) is 0 Å². The highest BCUT2D eigenvalue weighted by Crippen LogP contribution is 2.44. The van der Waals surface area contributed by atoms with Gasteiger partial charge in [0.15, 0.2) is 5.13 Å². The highest BCUT2D eigenvalue weighted by Gasteiger charge is 2.48. The van der Waals surface area contributed by atoms with E-state index < -0.39 is 23.7 Å². The van der Waals surface area contributed by atoms with Crippen molar-refractivity contribution >= 4 is 51.5 Å². The van der Waals surface area contributed by atoms with E-state index in [1.54, 1.807) is 67.6 Å². The monoisotopic (exact) mass is 560 g/mol. The van der Waals surface area contributed by atoms with Gasteiger partial charge >= 0.3 is 11.9 Å². The van der Waals surface area contributed by atoms with Gasteiger partial charge in [0.25, 0.3) is 5.78 Å². The molecule has 39 heavy (non-hydrogen) atoms. The summed E-state index contributed by atoms with van der Waals surface area (Å²) in [5.74, 6) is -1.70. The summed E-state index contributed by atoms with van der Waals surface area (Å²) in [4.78, 5) is 44.9. The van der Waals surface area contributed by atoms with Crippen molar-refractivity contribution in [2.45, 2.75) is 13.0 Å². The lowest BCUT2D eigenvalue weighted by molar-refractivity contribution is -0.132. The maximum atomic E-state index is 13.5. The molecule has 8 nitrogen and oxygen atoms in total. The van der Waals surface area contributed by atoms with Crippen molar-refractivity contribution in [2.75, 3.05) is 12.0 Å². The first kappa shape index (κ1) is 26.1. The number of esters is 1. The van der Waals surface area contributed by atoms with Crippen molar-refractivity contribution in [1.82, 2.24) is 4.98 Å². The van der Waals surface area contributed by atoms with Crippen LogP contribution in [0.25, 0.3) is 5.76 Å². The van der Waals surface area contributed by atoms with Crippen LogP contribution in [0, 0.1) is 6.92 Å². The molecule has 4 aromatic rings. The number of ketones is 1. The summed E-state index contributed by atoms with van der Waals surface area (Å²) >= 11 is 6.93. The van der Waals surface area contributed by atoms with Gasteiger partial charge < -0.3 is 14.6 Å². The maximum absolute atomic E-state index is 13.5. The number of para-hydroxylation sites is 1. The van der Waals surface area contributed by atoms with E-state index in [1.165, 1.54) is 12.0 Å². The van der Waals surface area contributed by atoms with Gasteiger partial charge in [-0.25, -0.2) is 9.78 Å². The van der Waals surface area contributed by atoms with Crippen LogP contribution in [0.2, 0.25) is 5.02 Å². The van der Waals surface area contributed by atoms with Gasteiger partial charge in [0, 0.05) is 10.6 Å². The fraction of sp³-hybridized carbons (Fsp3) is 0.103. The van der Waals surface area contributed by atoms with E-state index in [4.69, 9.17) is 21.1 Å². The van der Waals surface area contributed by atoms with Gasteiger partial charge in [0.05, 0.1) is 24.4 Å². The number of hydrogen-bond donors (Lipinski definition) is 1.